The molecule has 0 N–H and O–H groups in total. The summed E-state index contributed by atoms with van der Waals surface area (Å²) in [4.78, 5) is 20.9. The van der Waals surface area contributed by atoms with Crippen molar-refractivity contribution in [2.45, 2.75) is 20.6 Å². The minimum absolute atomic E-state index is 0.301. The molecular weight excluding hydrogens is 330 g/mol. The third-order valence-electron chi connectivity index (χ3n) is 4.15. The topological polar surface area (TPSA) is 66.2 Å². The van der Waals surface area contributed by atoms with E-state index < -0.39 is 0 Å². The van der Waals surface area contributed by atoms with Crippen LogP contribution in [0.25, 0.3) is 22.5 Å². The van der Waals surface area contributed by atoms with E-state index in [4.69, 9.17) is 9.47 Å². The van der Waals surface area contributed by atoms with Crippen molar-refractivity contribution in [3.05, 3.63) is 60.2 Å². The molecule has 3 aromatic heterocycles. The lowest BCUT2D eigenvalue weighted by Gasteiger charge is -2.13. The summed E-state index contributed by atoms with van der Waals surface area (Å²) in [7, 11) is 1.63. The van der Waals surface area contributed by atoms with Crippen molar-refractivity contribution in [2.24, 2.45) is 0 Å². The van der Waals surface area contributed by atoms with E-state index in [1.807, 2.05) is 35.8 Å². The van der Waals surface area contributed by atoms with Gasteiger partial charge in [0.15, 0.2) is 0 Å². The van der Waals surface area contributed by atoms with Crippen LogP contribution < -0.4 is 0 Å². The zero-order valence-corrected chi connectivity index (χ0v) is 15.1. The third kappa shape index (κ3) is 3.23. The van der Waals surface area contributed by atoms with Gasteiger partial charge in [-0.1, -0.05) is 0 Å². The highest BCUT2D eigenvalue weighted by Gasteiger charge is 2.27. The van der Waals surface area contributed by atoms with Gasteiger partial charge in [0.1, 0.15) is 6.73 Å². The molecule has 0 atom stereocenters. The number of hydrogen-bond donors (Lipinski definition) is 0. The van der Waals surface area contributed by atoms with Crippen LogP contribution in [0.3, 0.4) is 0 Å². The molecule has 0 aliphatic carbocycles. The summed E-state index contributed by atoms with van der Waals surface area (Å²) in [5, 5.41) is 0. The number of hydrogen-bond acceptors (Lipinski definition) is 5. The largest absolute Gasteiger partial charge is 0.462 e. The standard InChI is InChI=1S/C20H21N3O3/c1-4-26-20(24)17-14(2)18(15-5-9-21-10-6-15)23(13-25-3)19(17)16-7-11-22-12-8-16/h5-12H,4,13H2,1-3H3. The maximum absolute atomic E-state index is 12.8. The van der Waals surface area contributed by atoms with Gasteiger partial charge in [0.2, 0.25) is 0 Å². The molecule has 0 aliphatic rings. The zero-order chi connectivity index (χ0) is 18.5. The molecule has 0 aliphatic heterocycles. The predicted molar refractivity (Wildman–Crippen MR) is 98.6 cm³/mol. The summed E-state index contributed by atoms with van der Waals surface area (Å²) >= 11 is 0. The van der Waals surface area contributed by atoms with Crippen molar-refractivity contribution in [3.8, 4) is 22.5 Å². The second kappa shape index (κ2) is 7.93. The Morgan fingerprint density at radius 3 is 2.04 bits per heavy atom. The Labute approximate surface area is 152 Å². The Morgan fingerprint density at radius 1 is 1.00 bits per heavy atom. The fourth-order valence-electron chi connectivity index (χ4n) is 3.15. The molecule has 134 valence electrons. The lowest BCUT2D eigenvalue weighted by molar-refractivity contribution is 0.0526. The van der Waals surface area contributed by atoms with Crippen molar-refractivity contribution in [2.75, 3.05) is 13.7 Å². The van der Waals surface area contributed by atoms with Crippen molar-refractivity contribution < 1.29 is 14.3 Å². The van der Waals surface area contributed by atoms with Crippen LogP contribution in [0.15, 0.2) is 49.1 Å². The minimum Gasteiger partial charge on any atom is -0.462 e. The van der Waals surface area contributed by atoms with Crippen molar-refractivity contribution in [1.82, 2.24) is 14.5 Å². The quantitative estimate of drug-likeness (QED) is 0.634. The Morgan fingerprint density at radius 2 is 1.54 bits per heavy atom. The molecule has 0 aromatic carbocycles. The second-order valence-electron chi connectivity index (χ2n) is 5.74. The van der Waals surface area contributed by atoms with Crippen LogP contribution in [0.2, 0.25) is 0 Å². The number of methoxy groups -OCH3 is 1. The molecule has 0 amide bonds. The lowest BCUT2D eigenvalue weighted by atomic mass is 10.0. The highest BCUT2D eigenvalue weighted by molar-refractivity contribution is 6.01. The summed E-state index contributed by atoms with van der Waals surface area (Å²) in [5.41, 5.74) is 4.89. The molecule has 6 nitrogen and oxygen atoms in total. The SMILES string of the molecule is CCOC(=O)c1c(C)c(-c2ccncc2)n(COC)c1-c1ccncc1. The maximum atomic E-state index is 12.8. The summed E-state index contributed by atoms with van der Waals surface area (Å²) < 4.78 is 12.8. The van der Waals surface area contributed by atoms with Crippen molar-refractivity contribution >= 4 is 5.97 Å². The number of carbonyl (C=O) groups is 1. The van der Waals surface area contributed by atoms with Gasteiger partial charge in [-0.05, 0) is 43.7 Å². The average Bonchev–Trinajstić information content (AvgIpc) is 2.96. The Balaban J connectivity index is 2.34. The van der Waals surface area contributed by atoms with Gasteiger partial charge in [-0.2, -0.15) is 0 Å². The lowest BCUT2D eigenvalue weighted by Crippen LogP contribution is -2.09. The summed E-state index contributed by atoms with van der Waals surface area (Å²) in [6, 6.07) is 7.58. The molecule has 3 heterocycles. The van der Waals surface area contributed by atoms with Gasteiger partial charge < -0.3 is 14.0 Å². The molecule has 6 heteroatoms. The van der Waals surface area contributed by atoms with Crippen molar-refractivity contribution in [3.63, 3.8) is 0 Å². The Kier molecular flexibility index (Phi) is 5.43. The van der Waals surface area contributed by atoms with Crippen molar-refractivity contribution in [1.29, 1.82) is 0 Å². The summed E-state index contributed by atoms with van der Waals surface area (Å²) in [5.74, 6) is -0.345. The first-order chi connectivity index (χ1) is 12.7. The third-order valence-corrected chi connectivity index (χ3v) is 4.15. The maximum Gasteiger partial charge on any atom is 0.340 e. The highest BCUT2D eigenvalue weighted by Crippen LogP contribution is 2.37. The van der Waals surface area contributed by atoms with Crippen LogP contribution in [0, 0.1) is 6.92 Å². The molecule has 0 unspecified atom stereocenters. The fraction of sp³-hybridized carbons (Fsp3) is 0.250. The summed E-state index contributed by atoms with van der Waals surface area (Å²) in [6.45, 7) is 4.35. The van der Waals surface area contributed by atoms with Gasteiger partial charge in [-0.3, -0.25) is 9.97 Å². The van der Waals surface area contributed by atoms with E-state index in [2.05, 4.69) is 9.97 Å². The first-order valence-corrected chi connectivity index (χ1v) is 8.39. The van der Waals surface area contributed by atoms with E-state index in [0.29, 0.717) is 18.9 Å². The van der Waals surface area contributed by atoms with E-state index in [-0.39, 0.29) is 5.97 Å². The Bertz CT molecular complexity index is 890. The fourth-order valence-corrected chi connectivity index (χ4v) is 3.15. The number of pyridine rings is 2. The van der Waals surface area contributed by atoms with Crippen LogP contribution in [-0.2, 0) is 16.2 Å². The van der Waals surface area contributed by atoms with Crippen LogP contribution in [0.4, 0.5) is 0 Å². The first kappa shape index (κ1) is 17.8. The molecule has 0 bridgehead atoms. The highest BCUT2D eigenvalue weighted by atomic mass is 16.5. The zero-order valence-electron chi connectivity index (χ0n) is 15.1. The molecule has 0 radical (unpaired) electrons. The van der Waals surface area contributed by atoms with E-state index >= 15 is 0 Å². The van der Waals surface area contributed by atoms with E-state index in [0.717, 1.165) is 28.1 Å². The monoisotopic (exact) mass is 351 g/mol. The molecule has 0 fully saturated rings. The van der Waals surface area contributed by atoms with Crippen LogP contribution in [0.1, 0.15) is 22.8 Å². The molecule has 0 spiro atoms. The second-order valence-corrected chi connectivity index (χ2v) is 5.74. The van der Waals surface area contributed by atoms with E-state index in [9.17, 15) is 4.79 Å². The minimum atomic E-state index is -0.345. The molecule has 3 aromatic rings. The van der Waals surface area contributed by atoms with Gasteiger partial charge >= 0.3 is 5.97 Å². The van der Waals surface area contributed by atoms with Gasteiger partial charge in [-0.25, -0.2) is 4.79 Å². The number of esters is 1. The van der Waals surface area contributed by atoms with Crippen LogP contribution >= 0.6 is 0 Å². The number of ether oxygens (including phenoxy) is 2. The van der Waals surface area contributed by atoms with Gasteiger partial charge in [-0.15, -0.1) is 0 Å². The molecule has 0 saturated heterocycles. The number of carbonyl (C=O) groups excluding carboxylic acids is 1. The van der Waals surface area contributed by atoms with Crippen LogP contribution in [-0.4, -0.2) is 34.2 Å². The smallest absolute Gasteiger partial charge is 0.340 e. The van der Waals surface area contributed by atoms with Gasteiger partial charge in [0, 0.05) is 43.0 Å². The molecule has 26 heavy (non-hydrogen) atoms. The Hall–Kier alpha value is -2.99. The first-order valence-electron chi connectivity index (χ1n) is 8.39. The van der Waals surface area contributed by atoms with Crippen LogP contribution in [0.5, 0.6) is 0 Å². The van der Waals surface area contributed by atoms with E-state index in [1.165, 1.54) is 0 Å². The van der Waals surface area contributed by atoms with Gasteiger partial charge in [0.05, 0.1) is 23.6 Å². The normalized spacial score (nSPS) is 10.7. The van der Waals surface area contributed by atoms with E-state index in [1.54, 1.807) is 38.8 Å². The molecular formula is C20H21N3O3. The van der Waals surface area contributed by atoms with Gasteiger partial charge in [0.25, 0.3) is 0 Å². The summed E-state index contributed by atoms with van der Waals surface area (Å²) in [6.07, 6.45) is 6.87. The number of nitrogens with zero attached hydrogens (tertiary/aromatic N) is 3. The number of aromatic nitrogens is 3. The predicted octanol–water partition coefficient (Wildman–Crippen LogP) is 3.70. The average molecular weight is 351 g/mol. The number of rotatable bonds is 6. The molecule has 0 saturated carbocycles. The molecule has 3 rings (SSSR count).